The van der Waals surface area contributed by atoms with Gasteiger partial charge in [-0.05, 0) is 37.4 Å². The molecule has 2 N–H and O–H groups in total. The Morgan fingerprint density at radius 1 is 1.04 bits per heavy atom. The largest absolute Gasteiger partial charge is 0.483 e. The summed E-state index contributed by atoms with van der Waals surface area (Å²) in [5.41, 5.74) is 7.57. The van der Waals surface area contributed by atoms with E-state index in [0.717, 1.165) is 49.2 Å². The van der Waals surface area contributed by atoms with Crippen molar-refractivity contribution in [1.29, 1.82) is 0 Å². The van der Waals surface area contributed by atoms with E-state index in [0.29, 0.717) is 13.2 Å². The molecular formula is C22H29ClN2O3. The van der Waals surface area contributed by atoms with Crippen molar-refractivity contribution in [3.8, 4) is 16.9 Å². The van der Waals surface area contributed by atoms with Gasteiger partial charge in [0.1, 0.15) is 5.75 Å². The van der Waals surface area contributed by atoms with Gasteiger partial charge in [-0.2, -0.15) is 0 Å². The van der Waals surface area contributed by atoms with E-state index in [1.165, 1.54) is 0 Å². The van der Waals surface area contributed by atoms with Crippen LogP contribution in [0.5, 0.6) is 5.75 Å². The fraction of sp³-hybridized carbons (Fsp3) is 0.409. The molecule has 2 aromatic rings. The van der Waals surface area contributed by atoms with Gasteiger partial charge < -0.3 is 20.1 Å². The third-order valence-corrected chi connectivity index (χ3v) is 4.82. The average molecular weight is 405 g/mol. The Morgan fingerprint density at radius 2 is 1.71 bits per heavy atom. The van der Waals surface area contributed by atoms with Crippen molar-refractivity contribution in [2.45, 2.75) is 25.4 Å². The summed E-state index contributed by atoms with van der Waals surface area (Å²) < 4.78 is 11.7. The molecule has 1 aliphatic rings. The van der Waals surface area contributed by atoms with Crippen molar-refractivity contribution < 1.29 is 14.3 Å². The molecule has 152 valence electrons. The second-order valence-corrected chi connectivity index (χ2v) is 6.74. The van der Waals surface area contributed by atoms with Crippen molar-refractivity contribution in [3.05, 3.63) is 54.6 Å². The third-order valence-electron chi connectivity index (χ3n) is 4.82. The van der Waals surface area contributed by atoms with E-state index in [-0.39, 0.29) is 31.0 Å². The molecule has 0 aromatic heterocycles. The summed E-state index contributed by atoms with van der Waals surface area (Å²) >= 11 is 0. The summed E-state index contributed by atoms with van der Waals surface area (Å²) in [5, 5.41) is 0. The summed E-state index contributed by atoms with van der Waals surface area (Å²) in [6, 6.07) is 17.9. The van der Waals surface area contributed by atoms with Crippen LogP contribution in [0.3, 0.4) is 0 Å². The van der Waals surface area contributed by atoms with Gasteiger partial charge in [-0.15, -0.1) is 12.4 Å². The molecule has 0 radical (unpaired) electrons. The molecule has 0 spiro atoms. The van der Waals surface area contributed by atoms with E-state index in [2.05, 4.69) is 0 Å². The number of hydrogen-bond acceptors (Lipinski definition) is 4. The smallest absolute Gasteiger partial charge is 0.260 e. The maximum absolute atomic E-state index is 12.5. The zero-order valence-electron chi connectivity index (χ0n) is 16.1. The highest BCUT2D eigenvalue weighted by molar-refractivity contribution is 5.85. The number of carbonyl (C=O) groups excluding carboxylic acids is 1. The van der Waals surface area contributed by atoms with Crippen LogP contribution < -0.4 is 10.5 Å². The second-order valence-electron chi connectivity index (χ2n) is 6.74. The van der Waals surface area contributed by atoms with Gasteiger partial charge >= 0.3 is 0 Å². The lowest BCUT2D eigenvalue weighted by Gasteiger charge is -2.32. The number of ether oxygens (including phenoxy) is 2. The minimum atomic E-state index is 0. The summed E-state index contributed by atoms with van der Waals surface area (Å²) in [5.74, 6) is 0.760. The predicted molar refractivity (Wildman–Crippen MR) is 114 cm³/mol. The Morgan fingerprint density at radius 3 is 2.43 bits per heavy atom. The third kappa shape index (κ3) is 6.23. The molecule has 0 bridgehead atoms. The fourth-order valence-corrected chi connectivity index (χ4v) is 3.28. The molecule has 6 heteroatoms. The minimum Gasteiger partial charge on any atom is -0.483 e. The maximum atomic E-state index is 12.5. The van der Waals surface area contributed by atoms with Gasteiger partial charge in [0.25, 0.3) is 5.91 Å². The molecule has 2 aromatic carbocycles. The second kappa shape index (κ2) is 11.7. The van der Waals surface area contributed by atoms with Gasteiger partial charge in [-0.1, -0.05) is 48.5 Å². The molecule has 1 aliphatic heterocycles. The first kappa shape index (κ1) is 22.2. The number of benzene rings is 2. The van der Waals surface area contributed by atoms with Crippen LogP contribution in [0.25, 0.3) is 11.1 Å². The summed E-state index contributed by atoms with van der Waals surface area (Å²) in [6.45, 7) is 2.85. The monoisotopic (exact) mass is 404 g/mol. The molecule has 0 saturated carbocycles. The topological polar surface area (TPSA) is 64.8 Å². The van der Waals surface area contributed by atoms with Gasteiger partial charge in [-0.3, -0.25) is 4.79 Å². The van der Waals surface area contributed by atoms with Crippen molar-refractivity contribution in [3.63, 3.8) is 0 Å². The van der Waals surface area contributed by atoms with E-state index in [1.807, 2.05) is 59.5 Å². The lowest BCUT2D eigenvalue weighted by molar-refractivity contribution is -0.136. The van der Waals surface area contributed by atoms with Crippen LogP contribution in [0.1, 0.15) is 19.3 Å². The van der Waals surface area contributed by atoms with Gasteiger partial charge in [0.2, 0.25) is 0 Å². The lowest BCUT2D eigenvalue weighted by Crippen LogP contribution is -2.43. The van der Waals surface area contributed by atoms with E-state index < -0.39 is 0 Å². The van der Waals surface area contributed by atoms with Crippen LogP contribution >= 0.6 is 12.4 Å². The maximum Gasteiger partial charge on any atom is 0.260 e. The predicted octanol–water partition coefficient (Wildman–Crippen LogP) is 3.51. The highest BCUT2D eigenvalue weighted by Crippen LogP contribution is 2.29. The standard InChI is InChI=1S/C22H28N2O3.ClH/c23-13-6-16-26-19-11-14-24(15-12-19)22(25)17-27-21-10-5-4-9-20(21)18-7-2-1-3-8-18;/h1-5,7-10,19H,6,11-17,23H2;1H. The van der Waals surface area contributed by atoms with Gasteiger partial charge in [-0.25, -0.2) is 0 Å². The van der Waals surface area contributed by atoms with Crippen LogP contribution in [0.2, 0.25) is 0 Å². The lowest BCUT2D eigenvalue weighted by atomic mass is 10.1. The number of para-hydroxylation sites is 1. The van der Waals surface area contributed by atoms with Gasteiger partial charge in [0.05, 0.1) is 6.10 Å². The number of likely N-dealkylation sites (tertiary alicyclic amines) is 1. The Hall–Kier alpha value is -2.08. The zero-order chi connectivity index (χ0) is 18.9. The highest BCUT2D eigenvalue weighted by atomic mass is 35.5. The molecule has 5 nitrogen and oxygen atoms in total. The van der Waals surface area contributed by atoms with Gasteiger partial charge in [0, 0.05) is 25.3 Å². The van der Waals surface area contributed by atoms with E-state index in [9.17, 15) is 4.79 Å². The molecule has 3 rings (SSSR count). The van der Waals surface area contributed by atoms with Crippen molar-refractivity contribution >= 4 is 18.3 Å². The number of carbonyl (C=O) groups is 1. The first-order valence-corrected chi connectivity index (χ1v) is 9.64. The molecule has 0 aliphatic carbocycles. The van der Waals surface area contributed by atoms with Crippen molar-refractivity contribution in [1.82, 2.24) is 4.90 Å². The molecule has 1 saturated heterocycles. The summed E-state index contributed by atoms with van der Waals surface area (Å²) in [4.78, 5) is 14.4. The highest BCUT2D eigenvalue weighted by Gasteiger charge is 2.23. The van der Waals surface area contributed by atoms with Gasteiger partial charge in [0.15, 0.2) is 6.61 Å². The molecule has 1 heterocycles. The quantitative estimate of drug-likeness (QED) is 0.684. The Balaban J connectivity index is 0.00000280. The molecule has 1 fully saturated rings. The normalized spacial score (nSPS) is 14.4. The number of nitrogens with zero attached hydrogens (tertiary/aromatic N) is 1. The minimum absolute atomic E-state index is 0. The van der Waals surface area contributed by atoms with Crippen LogP contribution in [0.15, 0.2) is 54.6 Å². The van der Waals surface area contributed by atoms with Crippen molar-refractivity contribution in [2.75, 3.05) is 32.8 Å². The number of rotatable bonds is 8. The first-order chi connectivity index (χ1) is 13.3. The molecule has 0 unspecified atom stereocenters. The van der Waals surface area contributed by atoms with E-state index in [4.69, 9.17) is 15.2 Å². The number of halogens is 1. The van der Waals surface area contributed by atoms with Crippen LogP contribution in [0.4, 0.5) is 0 Å². The Labute approximate surface area is 173 Å². The van der Waals surface area contributed by atoms with Crippen LogP contribution in [-0.2, 0) is 9.53 Å². The molecular weight excluding hydrogens is 376 g/mol. The fourth-order valence-electron chi connectivity index (χ4n) is 3.28. The molecule has 28 heavy (non-hydrogen) atoms. The number of amides is 1. The summed E-state index contributed by atoms with van der Waals surface area (Å²) in [6.07, 6.45) is 2.86. The average Bonchev–Trinajstić information content (AvgIpc) is 2.73. The molecule has 1 amide bonds. The van der Waals surface area contributed by atoms with Crippen LogP contribution in [-0.4, -0.2) is 49.8 Å². The Kier molecular flexibility index (Phi) is 9.28. The SMILES string of the molecule is Cl.NCCCOC1CCN(C(=O)COc2ccccc2-c2ccccc2)CC1. The molecule has 0 atom stereocenters. The first-order valence-electron chi connectivity index (χ1n) is 9.64. The van der Waals surface area contributed by atoms with Crippen molar-refractivity contribution in [2.24, 2.45) is 5.73 Å². The summed E-state index contributed by atoms with van der Waals surface area (Å²) in [7, 11) is 0. The van der Waals surface area contributed by atoms with Crippen LogP contribution in [0, 0.1) is 0 Å². The number of hydrogen-bond donors (Lipinski definition) is 1. The van der Waals surface area contributed by atoms with E-state index >= 15 is 0 Å². The number of nitrogens with two attached hydrogens (primary N) is 1. The number of piperidine rings is 1. The van der Waals surface area contributed by atoms with E-state index in [1.54, 1.807) is 0 Å². The Bertz CT molecular complexity index is 719. The zero-order valence-corrected chi connectivity index (χ0v) is 16.9.